The molecule has 1 heterocycles. The molecule has 0 aliphatic carbocycles. The fourth-order valence-electron chi connectivity index (χ4n) is 3.02. The van der Waals surface area contributed by atoms with Gasteiger partial charge < -0.3 is 16.4 Å². The second-order valence-electron chi connectivity index (χ2n) is 8.00. The van der Waals surface area contributed by atoms with Crippen molar-refractivity contribution in [1.29, 1.82) is 0 Å². The third-order valence-electron chi connectivity index (χ3n) is 4.94. The Bertz CT molecular complexity index is 722. The van der Waals surface area contributed by atoms with Gasteiger partial charge in [0.2, 0.25) is 5.91 Å². The van der Waals surface area contributed by atoms with Crippen molar-refractivity contribution in [3.63, 3.8) is 0 Å². The summed E-state index contributed by atoms with van der Waals surface area (Å²) in [5.74, 6) is 0.226. The van der Waals surface area contributed by atoms with Crippen molar-refractivity contribution in [2.75, 3.05) is 26.2 Å². The van der Waals surface area contributed by atoms with Crippen molar-refractivity contribution in [2.24, 2.45) is 16.1 Å². The van der Waals surface area contributed by atoms with Crippen molar-refractivity contribution in [3.05, 3.63) is 35.4 Å². The second kappa shape index (κ2) is 11.2. The highest BCUT2D eigenvalue weighted by Crippen LogP contribution is 2.29. The van der Waals surface area contributed by atoms with Crippen molar-refractivity contribution in [2.45, 2.75) is 46.0 Å². The van der Waals surface area contributed by atoms with Crippen LogP contribution in [0.25, 0.3) is 0 Å². The predicted molar refractivity (Wildman–Crippen MR) is 123 cm³/mol. The molecule has 1 atom stereocenters. The first kappa shape index (κ1) is 26.5. The summed E-state index contributed by atoms with van der Waals surface area (Å²) in [6, 6.07) is 5.47. The standard InChI is InChI=1S/C20H30F3N5O.HI/c1-4-25-18(26-13-19(2,3)17(24)29)27-16-9-10-28(12-16)11-14-5-7-15(8-6-14)20(21,22)23;/h5-8,16H,4,9-13H2,1-3H3,(H2,24,29)(H2,25,26,27);1H. The summed E-state index contributed by atoms with van der Waals surface area (Å²) in [4.78, 5) is 18.1. The summed E-state index contributed by atoms with van der Waals surface area (Å²) < 4.78 is 38.0. The van der Waals surface area contributed by atoms with Crippen LogP contribution in [0.5, 0.6) is 0 Å². The van der Waals surface area contributed by atoms with Crippen LogP contribution in [0.1, 0.15) is 38.3 Å². The number of amides is 1. The molecule has 1 unspecified atom stereocenters. The van der Waals surface area contributed by atoms with Gasteiger partial charge in [-0.15, -0.1) is 24.0 Å². The number of likely N-dealkylation sites (tertiary alicyclic amines) is 1. The number of hydrogen-bond acceptors (Lipinski definition) is 3. The minimum absolute atomic E-state index is 0. The number of carbonyl (C=O) groups is 1. The molecule has 4 N–H and O–H groups in total. The average molecular weight is 541 g/mol. The number of nitrogens with two attached hydrogens (primary N) is 1. The van der Waals surface area contributed by atoms with E-state index in [4.69, 9.17) is 5.73 Å². The lowest BCUT2D eigenvalue weighted by Crippen LogP contribution is -2.45. The maximum Gasteiger partial charge on any atom is 0.416 e. The van der Waals surface area contributed by atoms with Crippen LogP contribution in [0.2, 0.25) is 0 Å². The molecule has 170 valence electrons. The van der Waals surface area contributed by atoms with Gasteiger partial charge in [0.25, 0.3) is 0 Å². The van der Waals surface area contributed by atoms with Gasteiger partial charge in [-0.3, -0.25) is 14.7 Å². The number of hydrogen-bond donors (Lipinski definition) is 3. The first-order chi connectivity index (χ1) is 13.5. The van der Waals surface area contributed by atoms with Gasteiger partial charge in [-0.05, 0) is 44.9 Å². The molecule has 1 aliphatic rings. The van der Waals surface area contributed by atoms with E-state index in [1.54, 1.807) is 13.8 Å². The lowest BCUT2D eigenvalue weighted by atomic mass is 9.93. The van der Waals surface area contributed by atoms with Crippen LogP contribution in [0.3, 0.4) is 0 Å². The quantitative estimate of drug-likeness (QED) is 0.282. The van der Waals surface area contributed by atoms with Crippen molar-refractivity contribution < 1.29 is 18.0 Å². The van der Waals surface area contributed by atoms with Gasteiger partial charge in [-0.2, -0.15) is 13.2 Å². The van der Waals surface area contributed by atoms with E-state index >= 15 is 0 Å². The highest BCUT2D eigenvalue weighted by atomic mass is 127. The van der Waals surface area contributed by atoms with Crippen LogP contribution in [0.4, 0.5) is 13.2 Å². The van der Waals surface area contributed by atoms with Crippen molar-refractivity contribution in [3.8, 4) is 0 Å². The Labute approximate surface area is 192 Å². The zero-order chi connectivity index (χ0) is 21.7. The average Bonchev–Trinajstić information content (AvgIpc) is 3.06. The summed E-state index contributed by atoms with van der Waals surface area (Å²) >= 11 is 0. The number of nitrogens with one attached hydrogen (secondary N) is 2. The molecule has 1 saturated heterocycles. The summed E-state index contributed by atoms with van der Waals surface area (Å²) in [6.45, 7) is 8.62. The Morgan fingerprint density at radius 3 is 2.43 bits per heavy atom. The summed E-state index contributed by atoms with van der Waals surface area (Å²) in [7, 11) is 0. The summed E-state index contributed by atoms with van der Waals surface area (Å²) in [5, 5.41) is 6.54. The molecular formula is C20H31F3IN5O. The fourth-order valence-corrected chi connectivity index (χ4v) is 3.02. The monoisotopic (exact) mass is 541 g/mol. The van der Waals surface area contributed by atoms with Crippen molar-refractivity contribution >= 4 is 35.8 Å². The number of rotatable bonds is 7. The van der Waals surface area contributed by atoms with E-state index in [-0.39, 0.29) is 36.6 Å². The first-order valence-corrected chi connectivity index (χ1v) is 9.74. The zero-order valence-electron chi connectivity index (χ0n) is 17.6. The van der Waals surface area contributed by atoms with Gasteiger partial charge in [0.05, 0.1) is 17.5 Å². The highest BCUT2D eigenvalue weighted by molar-refractivity contribution is 14.0. The molecular weight excluding hydrogens is 510 g/mol. The number of aliphatic imine (C=N–C) groups is 1. The van der Waals surface area contributed by atoms with Crippen LogP contribution in [0, 0.1) is 5.41 Å². The number of carbonyl (C=O) groups excluding carboxylic acids is 1. The Morgan fingerprint density at radius 1 is 1.27 bits per heavy atom. The van der Waals surface area contributed by atoms with Crippen LogP contribution < -0.4 is 16.4 Å². The van der Waals surface area contributed by atoms with E-state index < -0.39 is 23.1 Å². The van der Waals surface area contributed by atoms with Gasteiger partial charge in [0, 0.05) is 32.2 Å². The molecule has 10 heteroatoms. The SMILES string of the molecule is CCNC(=NCC(C)(C)C(N)=O)NC1CCN(Cc2ccc(C(F)(F)F)cc2)C1.I. The zero-order valence-corrected chi connectivity index (χ0v) is 19.9. The number of nitrogens with zero attached hydrogens (tertiary/aromatic N) is 2. The molecule has 6 nitrogen and oxygen atoms in total. The first-order valence-electron chi connectivity index (χ1n) is 9.74. The predicted octanol–water partition coefficient (Wildman–Crippen LogP) is 2.96. The minimum atomic E-state index is -4.31. The van der Waals surface area contributed by atoms with E-state index in [9.17, 15) is 18.0 Å². The highest BCUT2D eigenvalue weighted by Gasteiger charge is 2.30. The van der Waals surface area contributed by atoms with Gasteiger partial charge in [-0.1, -0.05) is 12.1 Å². The molecule has 0 saturated carbocycles. The maximum absolute atomic E-state index is 12.7. The van der Waals surface area contributed by atoms with E-state index in [0.29, 0.717) is 19.0 Å². The van der Waals surface area contributed by atoms with E-state index in [2.05, 4.69) is 20.5 Å². The second-order valence-corrected chi connectivity index (χ2v) is 8.00. The van der Waals surface area contributed by atoms with Crippen molar-refractivity contribution in [1.82, 2.24) is 15.5 Å². The van der Waals surface area contributed by atoms with Gasteiger partial charge in [-0.25, -0.2) is 0 Å². The Balaban J connectivity index is 0.00000450. The lowest BCUT2D eigenvalue weighted by Gasteiger charge is -2.21. The molecule has 1 aliphatic heterocycles. The van der Waals surface area contributed by atoms with E-state index in [0.717, 1.165) is 37.2 Å². The third kappa shape index (κ3) is 7.93. The Morgan fingerprint density at radius 2 is 1.90 bits per heavy atom. The number of halogens is 4. The van der Waals surface area contributed by atoms with Crippen LogP contribution in [-0.2, 0) is 17.5 Å². The van der Waals surface area contributed by atoms with Gasteiger partial charge >= 0.3 is 6.18 Å². The third-order valence-corrected chi connectivity index (χ3v) is 4.94. The van der Waals surface area contributed by atoms with E-state index in [1.807, 2.05) is 6.92 Å². The molecule has 0 radical (unpaired) electrons. The maximum atomic E-state index is 12.7. The van der Waals surface area contributed by atoms with Gasteiger partial charge in [0.15, 0.2) is 5.96 Å². The number of primary amides is 1. The van der Waals surface area contributed by atoms with Crippen LogP contribution in [0.15, 0.2) is 29.3 Å². The summed E-state index contributed by atoms with van der Waals surface area (Å²) in [6.07, 6.45) is -3.42. The smallest absolute Gasteiger partial charge is 0.369 e. The normalized spacial score (nSPS) is 18.1. The molecule has 2 rings (SSSR count). The molecule has 1 aromatic rings. The summed E-state index contributed by atoms with van der Waals surface area (Å²) in [5.41, 5.74) is 4.89. The number of benzene rings is 1. The van der Waals surface area contributed by atoms with Gasteiger partial charge in [0.1, 0.15) is 0 Å². The molecule has 1 fully saturated rings. The minimum Gasteiger partial charge on any atom is -0.369 e. The molecule has 0 bridgehead atoms. The Kier molecular flexibility index (Phi) is 9.86. The molecule has 30 heavy (non-hydrogen) atoms. The lowest BCUT2D eigenvalue weighted by molar-refractivity contribution is -0.137. The molecule has 1 amide bonds. The number of guanidine groups is 1. The Hall–Kier alpha value is -1.56. The molecule has 1 aromatic carbocycles. The molecule has 0 aromatic heterocycles. The van der Waals surface area contributed by atoms with Crippen LogP contribution in [-0.4, -0.2) is 49.0 Å². The largest absolute Gasteiger partial charge is 0.416 e. The fraction of sp³-hybridized carbons (Fsp3) is 0.600. The molecule has 0 spiro atoms. The number of alkyl halides is 3. The topological polar surface area (TPSA) is 82.7 Å². The van der Waals surface area contributed by atoms with E-state index in [1.165, 1.54) is 12.1 Å². The van der Waals surface area contributed by atoms with Crippen LogP contribution >= 0.6 is 24.0 Å².